The molecule has 0 saturated heterocycles. The summed E-state index contributed by atoms with van der Waals surface area (Å²) in [6.45, 7) is 7.92. The molecule has 3 saturated carbocycles. The minimum atomic E-state index is -1.98. The molecule has 220 valence electrons. The maximum Gasteiger partial charge on any atom is 0.303 e. The summed E-state index contributed by atoms with van der Waals surface area (Å²) in [4.78, 5) is 43.3. The predicted molar refractivity (Wildman–Crippen MR) is 140 cm³/mol. The molecule has 5 N–H and O–H groups in total. The second-order valence-corrected chi connectivity index (χ2v) is 11.6. The van der Waals surface area contributed by atoms with Crippen molar-refractivity contribution in [2.75, 3.05) is 6.61 Å². The van der Waals surface area contributed by atoms with Crippen LogP contribution in [0, 0.1) is 28.6 Å². The monoisotopic (exact) mass is 554 g/mol. The van der Waals surface area contributed by atoms with E-state index >= 15 is 4.39 Å². The third-order valence-corrected chi connectivity index (χ3v) is 9.56. The summed E-state index contributed by atoms with van der Waals surface area (Å²) in [7, 11) is 0. The first-order valence-corrected chi connectivity index (χ1v) is 13.6. The van der Waals surface area contributed by atoms with E-state index in [0.717, 1.165) is 6.42 Å². The number of carbonyl (C=O) groups is 4. The van der Waals surface area contributed by atoms with Crippen molar-refractivity contribution in [3.8, 4) is 0 Å². The first-order valence-electron chi connectivity index (χ1n) is 13.6. The molecule has 0 unspecified atom stereocenters. The van der Waals surface area contributed by atoms with Crippen molar-refractivity contribution in [1.29, 1.82) is 0 Å². The lowest BCUT2D eigenvalue weighted by atomic mass is 9.44. The number of hydrogen-bond acceptors (Lipinski definition) is 7. The number of alkyl halides is 1. The standard InChI is InChI=1S/C22H29FO5.C4H8O2.C3H6O2/c1-12-8-16-15-5-4-13-9-14(25)6-7-19(13,2)21(15,23)17(26)10-20(16,3)22(12,28)18(27)11-24;1-2-3-4(5)6;1-2-3(4)5/h6-7,9,12,15-17,24,26,28H,4-5,8,10-11H2,1-3H3;2-3H2,1H3,(H,5,6);2H2,1H3,(H,4,5)/t12-,15-,16-,17-,19-,20-,21-,22-;;/m0../s1. The average Bonchev–Trinajstić information content (AvgIpc) is 3.07. The Morgan fingerprint density at radius 1 is 1.10 bits per heavy atom. The number of halogens is 1. The SMILES string of the molecule is CCC(=O)O.CCCC(=O)O.C[C@H]1C[C@H]2[C@@H]3CCC4=CC(=O)C=C[C@]4(C)[C@@]3(F)[C@@H](O)C[C@]2(C)[C@@]1(O)C(=O)CO. The third-order valence-electron chi connectivity index (χ3n) is 9.56. The fourth-order valence-electron chi connectivity index (χ4n) is 7.47. The Hall–Kier alpha value is -2.43. The maximum absolute atomic E-state index is 16.9. The molecule has 0 amide bonds. The zero-order valence-electron chi connectivity index (χ0n) is 23.4. The topological polar surface area (TPSA) is 169 Å². The van der Waals surface area contributed by atoms with Crippen LogP contribution in [0.1, 0.15) is 79.6 Å². The smallest absolute Gasteiger partial charge is 0.303 e. The van der Waals surface area contributed by atoms with Gasteiger partial charge in [0, 0.05) is 29.6 Å². The number of aliphatic carboxylic acids is 2. The molecule has 8 atom stereocenters. The molecule has 10 heteroatoms. The summed E-state index contributed by atoms with van der Waals surface area (Å²) in [6.07, 6.45) is 5.68. The molecule has 3 fully saturated rings. The Morgan fingerprint density at radius 2 is 1.69 bits per heavy atom. The Labute approximate surface area is 228 Å². The van der Waals surface area contributed by atoms with Gasteiger partial charge in [0.15, 0.2) is 17.2 Å². The summed E-state index contributed by atoms with van der Waals surface area (Å²) in [5.41, 5.74) is -5.17. The fraction of sp³-hybridized carbons (Fsp3) is 0.724. The van der Waals surface area contributed by atoms with E-state index in [9.17, 15) is 34.5 Å². The molecule has 0 aromatic rings. The molecule has 0 spiro atoms. The van der Waals surface area contributed by atoms with E-state index in [1.165, 1.54) is 12.2 Å². The molecule has 0 aromatic carbocycles. The van der Waals surface area contributed by atoms with E-state index in [2.05, 4.69) is 0 Å². The fourth-order valence-corrected chi connectivity index (χ4v) is 7.47. The van der Waals surface area contributed by atoms with Gasteiger partial charge in [-0.2, -0.15) is 0 Å². The molecular formula is C29H43FO9. The number of Topliss-reactive ketones (excluding diaryl/α,β-unsaturated/α-hetero) is 1. The van der Waals surface area contributed by atoms with Crippen LogP contribution >= 0.6 is 0 Å². The number of carboxylic acid groups (broad SMARTS) is 2. The van der Waals surface area contributed by atoms with Crippen LogP contribution in [0.2, 0.25) is 0 Å². The summed E-state index contributed by atoms with van der Waals surface area (Å²) in [5.74, 6) is -3.58. The average molecular weight is 555 g/mol. The van der Waals surface area contributed by atoms with E-state index in [1.807, 2.05) is 6.92 Å². The van der Waals surface area contributed by atoms with Crippen molar-refractivity contribution in [2.45, 2.75) is 96.9 Å². The number of aliphatic hydroxyl groups is 3. The van der Waals surface area contributed by atoms with Gasteiger partial charge in [0.25, 0.3) is 0 Å². The minimum Gasteiger partial charge on any atom is -0.481 e. The molecule has 4 rings (SSSR count). The van der Waals surface area contributed by atoms with Crippen molar-refractivity contribution in [3.63, 3.8) is 0 Å². The number of fused-ring (bicyclic) bond motifs is 5. The van der Waals surface area contributed by atoms with Crippen molar-refractivity contribution in [2.24, 2.45) is 28.6 Å². The van der Waals surface area contributed by atoms with Crippen LogP contribution in [0.3, 0.4) is 0 Å². The summed E-state index contributed by atoms with van der Waals surface area (Å²) in [6, 6.07) is 0. The molecule has 9 nitrogen and oxygen atoms in total. The lowest BCUT2D eigenvalue weighted by molar-refractivity contribution is -0.219. The van der Waals surface area contributed by atoms with Gasteiger partial charge in [-0.3, -0.25) is 19.2 Å². The number of allylic oxidation sites excluding steroid dienone is 4. The number of carboxylic acids is 2. The highest BCUT2D eigenvalue weighted by Gasteiger charge is 2.75. The zero-order valence-corrected chi connectivity index (χ0v) is 23.4. The van der Waals surface area contributed by atoms with Crippen molar-refractivity contribution < 1.29 is 49.1 Å². The largest absolute Gasteiger partial charge is 0.481 e. The molecule has 0 bridgehead atoms. The van der Waals surface area contributed by atoms with Gasteiger partial charge in [0.05, 0.1) is 6.10 Å². The van der Waals surface area contributed by atoms with Crippen molar-refractivity contribution in [3.05, 3.63) is 23.8 Å². The van der Waals surface area contributed by atoms with Gasteiger partial charge in [-0.1, -0.05) is 39.3 Å². The third kappa shape index (κ3) is 5.35. The van der Waals surface area contributed by atoms with Gasteiger partial charge in [0.1, 0.15) is 12.2 Å². The van der Waals surface area contributed by atoms with Gasteiger partial charge in [-0.05, 0) is 63.0 Å². The van der Waals surface area contributed by atoms with Crippen molar-refractivity contribution >= 4 is 23.5 Å². The number of rotatable bonds is 5. The Balaban J connectivity index is 0.000000412. The first-order chi connectivity index (χ1) is 18.0. The molecule has 4 aliphatic carbocycles. The van der Waals surface area contributed by atoms with E-state index < -0.39 is 64.4 Å². The highest BCUT2D eigenvalue weighted by Crippen LogP contribution is 2.70. The van der Waals surface area contributed by atoms with Crippen molar-refractivity contribution in [1.82, 2.24) is 0 Å². The summed E-state index contributed by atoms with van der Waals surface area (Å²) >= 11 is 0. The molecule has 0 radical (unpaired) electrons. The molecule has 0 aliphatic heterocycles. The van der Waals surface area contributed by atoms with Crippen LogP contribution in [-0.4, -0.2) is 73.0 Å². The van der Waals surface area contributed by atoms with E-state index in [4.69, 9.17) is 10.2 Å². The van der Waals surface area contributed by atoms with Crippen LogP contribution < -0.4 is 0 Å². The summed E-state index contributed by atoms with van der Waals surface area (Å²) < 4.78 is 16.9. The first kappa shape index (κ1) is 32.8. The molecule has 0 aromatic heterocycles. The van der Waals surface area contributed by atoms with Crippen LogP contribution in [0.5, 0.6) is 0 Å². The quantitative estimate of drug-likeness (QED) is 0.342. The Bertz CT molecular complexity index is 1040. The highest BCUT2D eigenvalue weighted by molar-refractivity contribution is 6.01. The van der Waals surface area contributed by atoms with Crippen LogP contribution in [0.4, 0.5) is 4.39 Å². The van der Waals surface area contributed by atoms with Gasteiger partial charge in [0.2, 0.25) is 0 Å². The predicted octanol–water partition coefficient (Wildman–Crippen LogP) is 3.25. The highest BCUT2D eigenvalue weighted by atomic mass is 19.1. The minimum absolute atomic E-state index is 0.0676. The second-order valence-electron chi connectivity index (χ2n) is 11.6. The van der Waals surface area contributed by atoms with Gasteiger partial charge < -0.3 is 25.5 Å². The second kappa shape index (κ2) is 12.0. The normalized spacial score (nSPS) is 39.9. The van der Waals surface area contributed by atoms with E-state index in [1.54, 1.807) is 33.8 Å². The lowest BCUT2D eigenvalue weighted by Crippen LogP contribution is -2.69. The molecular weight excluding hydrogens is 511 g/mol. The Morgan fingerprint density at radius 3 is 2.15 bits per heavy atom. The molecule has 4 aliphatic rings. The van der Waals surface area contributed by atoms with Crippen LogP contribution in [-0.2, 0) is 19.2 Å². The maximum atomic E-state index is 16.9. The zero-order chi connectivity index (χ0) is 30.0. The Kier molecular flexibility index (Phi) is 10.1. The van der Waals surface area contributed by atoms with Gasteiger partial charge >= 0.3 is 11.9 Å². The molecule has 0 heterocycles. The van der Waals surface area contributed by atoms with Gasteiger partial charge in [-0.15, -0.1) is 0 Å². The number of hydrogen-bond donors (Lipinski definition) is 5. The van der Waals surface area contributed by atoms with Crippen LogP contribution in [0.15, 0.2) is 23.8 Å². The van der Waals surface area contributed by atoms with E-state index in [-0.39, 0.29) is 24.5 Å². The number of carbonyl (C=O) groups excluding carboxylic acids is 2. The molecule has 39 heavy (non-hydrogen) atoms. The van der Waals surface area contributed by atoms with Crippen LogP contribution in [0.25, 0.3) is 0 Å². The van der Waals surface area contributed by atoms with Gasteiger partial charge in [-0.25, -0.2) is 4.39 Å². The number of ketones is 2. The van der Waals surface area contributed by atoms with E-state index in [0.29, 0.717) is 31.3 Å². The lowest BCUT2D eigenvalue weighted by Gasteiger charge is -2.62. The summed E-state index contributed by atoms with van der Waals surface area (Å²) in [5, 5.41) is 47.6. The number of aliphatic hydroxyl groups excluding tert-OH is 2.